The Morgan fingerprint density at radius 2 is 1.71 bits per heavy atom. The molecule has 0 aromatic heterocycles. The molecule has 2 aromatic carbocycles. The van der Waals surface area contributed by atoms with Crippen molar-refractivity contribution in [3.8, 4) is 11.5 Å². The second kappa shape index (κ2) is 6.59. The third kappa shape index (κ3) is 3.73. The van der Waals surface area contributed by atoms with Crippen molar-refractivity contribution in [2.45, 2.75) is 25.9 Å². The van der Waals surface area contributed by atoms with E-state index in [9.17, 15) is 9.50 Å². The fraction of sp³-hybridized carbons (Fsp3) is 0.294. The van der Waals surface area contributed by atoms with Crippen molar-refractivity contribution in [1.82, 2.24) is 5.32 Å². The summed E-state index contributed by atoms with van der Waals surface area (Å²) in [5, 5.41) is 13.0. The molecule has 0 saturated heterocycles. The van der Waals surface area contributed by atoms with E-state index in [2.05, 4.69) is 5.32 Å². The zero-order chi connectivity index (χ0) is 15.4. The lowest BCUT2D eigenvalue weighted by molar-refractivity contribution is 0.371. The molecule has 0 spiro atoms. The second-order valence-electron chi connectivity index (χ2n) is 5.10. The number of ether oxygens (including phenoxy) is 1. The monoisotopic (exact) mass is 289 g/mol. The SMILES string of the molecule is COc1cc(C(C)N[C@H](C)c2cccc(F)c2)ccc1O. The second-order valence-corrected chi connectivity index (χ2v) is 5.10. The molecule has 0 heterocycles. The number of benzene rings is 2. The van der Waals surface area contributed by atoms with Crippen LogP contribution in [0.3, 0.4) is 0 Å². The van der Waals surface area contributed by atoms with Crippen molar-refractivity contribution in [3.63, 3.8) is 0 Å². The van der Waals surface area contributed by atoms with Gasteiger partial charge in [0.15, 0.2) is 11.5 Å². The molecule has 0 radical (unpaired) electrons. The van der Waals surface area contributed by atoms with Gasteiger partial charge in [0.2, 0.25) is 0 Å². The van der Waals surface area contributed by atoms with Crippen LogP contribution in [0.2, 0.25) is 0 Å². The molecule has 0 aliphatic carbocycles. The summed E-state index contributed by atoms with van der Waals surface area (Å²) in [5.41, 5.74) is 1.89. The van der Waals surface area contributed by atoms with Crippen LogP contribution in [0.5, 0.6) is 11.5 Å². The van der Waals surface area contributed by atoms with Crippen LogP contribution in [0.25, 0.3) is 0 Å². The molecule has 112 valence electrons. The molecule has 3 nitrogen and oxygen atoms in total. The predicted octanol–water partition coefficient (Wildman–Crippen LogP) is 3.95. The molecule has 0 saturated carbocycles. The van der Waals surface area contributed by atoms with E-state index in [-0.39, 0.29) is 23.7 Å². The first-order valence-electron chi connectivity index (χ1n) is 6.89. The Morgan fingerprint density at radius 3 is 2.33 bits per heavy atom. The van der Waals surface area contributed by atoms with E-state index in [1.165, 1.54) is 19.2 Å². The quantitative estimate of drug-likeness (QED) is 0.875. The molecule has 2 atom stereocenters. The van der Waals surface area contributed by atoms with Crippen LogP contribution in [0.15, 0.2) is 42.5 Å². The van der Waals surface area contributed by atoms with E-state index in [1.54, 1.807) is 18.2 Å². The first-order chi connectivity index (χ1) is 10.0. The number of halogens is 1. The van der Waals surface area contributed by atoms with Crippen molar-refractivity contribution < 1.29 is 14.2 Å². The molecular formula is C17H20FNO2. The van der Waals surface area contributed by atoms with Gasteiger partial charge < -0.3 is 15.2 Å². The smallest absolute Gasteiger partial charge is 0.160 e. The molecule has 0 aliphatic rings. The summed E-state index contributed by atoms with van der Waals surface area (Å²) in [7, 11) is 1.52. The lowest BCUT2D eigenvalue weighted by Crippen LogP contribution is -2.22. The maximum absolute atomic E-state index is 13.3. The Morgan fingerprint density at radius 1 is 1.05 bits per heavy atom. The molecule has 2 rings (SSSR count). The Balaban J connectivity index is 2.12. The molecule has 0 bridgehead atoms. The standard InChI is InChI=1S/C17H20FNO2/c1-11(13-5-4-6-15(18)9-13)19-12(2)14-7-8-16(20)17(10-14)21-3/h4-12,19-20H,1-3H3/t11-,12?/m1/s1. The first kappa shape index (κ1) is 15.3. The largest absolute Gasteiger partial charge is 0.504 e. The van der Waals surface area contributed by atoms with Gasteiger partial charge in [-0.05, 0) is 49.2 Å². The van der Waals surface area contributed by atoms with Crippen LogP contribution in [-0.4, -0.2) is 12.2 Å². The number of hydrogen-bond donors (Lipinski definition) is 2. The lowest BCUT2D eigenvalue weighted by Gasteiger charge is -2.21. The van der Waals surface area contributed by atoms with Crippen molar-refractivity contribution >= 4 is 0 Å². The molecule has 21 heavy (non-hydrogen) atoms. The molecule has 0 aliphatic heterocycles. The Bertz CT molecular complexity index is 615. The highest BCUT2D eigenvalue weighted by Gasteiger charge is 2.13. The molecule has 4 heteroatoms. The lowest BCUT2D eigenvalue weighted by atomic mass is 10.0. The number of methoxy groups -OCH3 is 1. The minimum atomic E-state index is -0.236. The zero-order valence-corrected chi connectivity index (χ0v) is 12.4. The van der Waals surface area contributed by atoms with E-state index in [4.69, 9.17) is 4.74 Å². The summed E-state index contributed by atoms with van der Waals surface area (Å²) in [4.78, 5) is 0. The highest BCUT2D eigenvalue weighted by atomic mass is 19.1. The average Bonchev–Trinajstić information content (AvgIpc) is 2.47. The first-order valence-corrected chi connectivity index (χ1v) is 6.89. The van der Waals surface area contributed by atoms with Gasteiger partial charge in [-0.25, -0.2) is 4.39 Å². The van der Waals surface area contributed by atoms with Crippen LogP contribution in [0, 0.1) is 5.82 Å². The van der Waals surface area contributed by atoms with Crippen molar-refractivity contribution in [2.24, 2.45) is 0 Å². The Kier molecular flexibility index (Phi) is 4.81. The van der Waals surface area contributed by atoms with E-state index >= 15 is 0 Å². The van der Waals surface area contributed by atoms with Crippen LogP contribution in [-0.2, 0) is 0 Å². The number of nitrogens with one attached hydrogen (secondary N) is 1. The van der Waals surface area contributed by atoms with Crippen LogP contribution < -0.4 is 10.1 Å². The van der Waals surface area contributed by atoms with Gasteiger partial charge in [0.1, 0.15) is 5.82 Å². The molecule has 2 N–H and O–H groups in total. The number of hydrogen-bond acceptors (Lipinski definition) is 3. The summed E-state index contributed by atoms with van der Waals surface area (Å²) in [6.45, 7) is 4.00. The normalized spacial score (nSPS) is 13.7. The third-order valence-corrected chi connectivity index (χ3v) is 3.55. The van der Waals surface area contributed by atoms with Gasteiger partial charge in [-0.1, -0.05) is 18.2 Å². The van der Waals surface area contributed by atoms with Gasteiger partial charge in [-0.2, -0.15) is 0 Å². The molecular weight excluding hydrogens is 269 g/mol. The third-order valence-electron chi connectivity index (χ3n) is 3.55. The Labute approximate surface area is 124 Å². The van der Waals surface area contributed by atoms with Gasteiger partial charge in [-0.3, -0.25) is 0 Å². The van der Waals surface area contributed by atoms with E-state index < -0.39 is 0 Å². The fourth-order valence-electron chi connectivity index (χ4n) is 2.31. The topological polar surface area (TPSA) is 41.5 Å². The van der Waals surface area contributed by atoms with Crippen LogP contribution in [0.4, 0.5) is 4.39 Å². The van der Waals surface area contributed by atoms with Gasteiger partial charge >= 0.3 is 0 Å². The zero-order valence-electron chi connectivity index (χ0n) is 12.4. The van der Waals surface area contributed by atoms with E-state index in [1.807, 2.05) is 26.0 Å². The van der Waals surface area contributed by atoms with Gasteiger partial charge in [0.25, 0.3) is 0 Å². The highest BCUT2D eigenvalue weighted by molar-refractivity contribution is 5.42. The number of aromatic hydroxyl groups is 1. The van der Waals surface area contributed by atoms with Gasteiger partial charge in [-0.15, -0.1) is 0 Å². The molecule has 1 unspecified atom stereocenters. The molecule has 0 amide bonds. The van der Waals surface area contributed by atoms with Crippen molar-refractivity contribution in [1.29, 1.82) is 0 Å². The Hall–Kier alpha value is -2.07. The van der Waals surface area contributed by atoms with E-state index in [0.717, 1.165) is 11.1 Å². The minimum Gasteiger partial charge on any atom is -0.504 e. The minimum absolute atomic E-state index is 0.00972. The average molecular weight is 289 g/mol. The van der Waals surface area contributed by atoms with Gasteiger partial charge in [0.05, 0.1) is 7.11 Å². The number of phenols is 1. The van der Waals surface area contributed by atoms with Crippen LogP contribution >= 0.6 is 0 Å². The highest BCUT2D eigenvalue weighted by Crippen LogP contribution is 2.29. The maximum atomic E-state index is 13.3. The molecule has 2 aromatic rings. The summed E-state index contributed by atoms with van der Waals surface area (Å²) >= 11 is 0. The van der Waals surface area contributed by atoms with E-state index in [0.29, 0.717) is 5.75 Å². The fourth-order valence-corrected chi connectivity index (χ4v) is 2.31. The maximum Gasteiger partial charge on any atom is 0.160 e. The summed E-state index contributed by atoms with van der Waals surface area (Å²) in [6.07, 6.45) is 0. The van der Waals surface area contributed by atoms with Crippen LogP contribution in [0.1, 0.15) is 37.1 Å². The van der Waals surface area contributed by atoms with Gasteiger partial charge in [0, 0.05) is 12.1 Å². The summed E-state index contributed by atoms with van der Waals surface area (Å²) in [5.74, 6) is 0.325. The number of rotatable bonds is 5. The predicted molar refractivity (Wildman–Crippen MR) is 81.0 cm³/mol. The van der Waals surface area contributed by atoms with Crippen molar-refractivity contribution in [2.75, 3.05) is 7.11 Å². The number of phenolic OH excluding ortho intramolecular Hbond substituents is 1. The summed E-state index contributed by atoms with van der Waals surface area (Å²) in [6, 6.07) is 11.9. The molecule has 0 fully saturated rings. The summed E-state index contributed by atoms with van der Waals surface area (Å²) < 4.78 is 18.4. The van der Waals surface area contributed by atoms with Crippen molar-refractivity contribution in [3.05, 3.63) is 59.4 Å².